The van der Waals surface area contributed by atoms with Gasteiger partial charge in [0.05, 0.1) is 11.9 Å². The molecule has 1 aromatic carbocycles. The van der Waals surface area contributed by atoms with Crippen molar-refractivity contribution >= 4 is 17.7 Å². The molecule has 0 aliphatic heterocycles. The van der Waals surface area contributed by atoms with E-state index < -0.39 is 0 Å². The summed E-state index contributed by atoms with van der Waals surface area (Å²) in [4.78, 5) is 12.5. The van der Waals surface area contributed by atoms with Gasteiger partial charge in [-0.1, -0.05) is 12.1 Å². The molecular formula is C16H25NO2S. The van der Waals surface area contributed by atoms with Crippen molar-refractivity contribution in [3.8, 4) is 0 Å². The molecule has 0 radical (unpaired) electrons. The van der Waals surface area contributed by atoms with E-state index in [2.05, 4.69) is 38.2 Å². The van der Waals surface area contributed by atoms with E-state index in [1.165, 1.54) is 17.3 Å². The summed E-state index contributed by atoms with van der Waals surface area (Å²) >= 11 is 1.51. The van der Waals surface area contributed by atoms with E-state index in [0.717, 1.165) is 11.4 Å². The predicted molar refractivity (Wildman–Crippen MR) is 85.0 cm³/mol. The minimum Gasteiger partial charge on any atom is -0.462 e. The van der Waals surface area contributed by atoms with Crippen molar-refractivity contribution in [3.63, 3.8) is 0 Å². The van der Waals surface area contributed by atoms with Crippen LogP contribution in [0.1, 0.15) is 40.2 Å². The molecule has 0 spiro atoms. The SMILES string of the molecule is CC(C)OC(=O)CSc1ccc(CNC(C)(C)C)cc1. The number of thioether (sulfide) groups is 1. The normalized spacial score (nSPS) is 11.7. The second-order valence-electron chi connectivity index (χ2n) is 6.07. The van der Waals surface area contributed by atoms with Gasteiger partial charge >= 0.3 is 5.97 Å². The van der Waals surface area contributed by atoms with E-state index in [-0.39, 0.29) is 17.6 Å². The zero-order valence-electron chi connectivity index (χ0n) is 13.0. The predicted octanol–water partition coefficient (Wildman–Crippen LogP) is 3.62. The van der Waals surface area contributed by atoms with Crippen LogP contribution in [-0.2, 0) is 16.1 Å². The Labute approximate surface area is 126 Å². The molecule has 0 saturated carbocycles. The Hall–Kier alpha value is -1.00. The Kier molecular flexibility index (Phi) is 6.56. The van der Waals surface area contributed by atoms with Crippen LogP contribution in [0.3, 0.4) is 0 Å². The van der Waals surface area contributed by atoms with Crippen LogP contribution in [0.5, 0.6) is 0 Å². The Morgan fingerprint density at radius 3 is 2.35 bits per heavy atom. The third-order valence-electron chi connectivity index (χ3n) is 2.47. The third-order valence-corrected chi connectivity index (χ3v) is 3.46. The molecule has 0 unspecified atom stereocenters. The summed E-state index contributed by atoms with van der Waals surface area (Å²) in [5.74, 6) is 0.195. The molecule has 0 atom stereocenters. The minimum atomic E-state index is -0.163. The van der Waals surface area contributed by atoms with Crippen molar-refractivity contribution in [2.24, 2.45) is 0 Å². The maximum atomic E-state index is 11.5. The summed E-state index contributed by atoms with van der Waals surface area (Å²) in [7, 11) is 0. The summed E-state index contributed by atoms with van der Waals surface area (Å²) in [5, 5.41) is 3.45. The lowest BCUT2D eigenvalue weighted by Gasteiger charge is -2.20. The maximum absolute atomic E-state index is 11.5. The molecule has 4 heteroatoms. The van der Waals surface area contributed by atoms with Crippen molar-refractivity contribution in [2.75, 3.05) is 5.75 Å². The minimum absolute atomic E-state index is 0.0473. The molecule has 20 heavy (non-hydrogen) atoms. The number of ether oxygens (including phenoxy) is 1. The van der Waals surface area contributed by atoms with Gasteiger partial charge in [-0.3, -0.25) is 4.79 Å². The van der Waals surface area contributed by atoms with Crippen molar-refractivity contribution in [1.29, 1.82) is 0 Å². The van der Waals surface area contributed by atoms with Crippen LogP contribution in [0.2, 0.25) is 0 Å². The molecule has 1 aromatic rings. The zero-order chi connectivity index (χ0) is 15.2. The lowest BCUT2D eigenvalue weighted by atomic mass is 10.1. The Morgan fingerprint density at radius 2 is 1.85 bits per heavy atom. The summed E-state index contributed by atoms with van der Waals surface area (Å²) in [6, 6.07) is 8.28. The number of esters is 1. The van der Waals surface area contributed by atoms with E-state index in [0.29, 0.717) is 5.75 Å². The molecule has 1 N–H and O–H groups in total. The number of carbonyl (C=O) groups excluding carboxylic acids is 1. The van der Waals surface area contributed by atoms with Gasteiger partial charge in [0.25, 0.3) is 0 Å². The van der Waals surface area contributed by atoms with Gasteiger partial charge < -0.3 is 10.1 Å². The molecule has 3 nitrogen and oxygen atoms in total. The number of hydrogen-bond donors (Lipinski definition) is 1. The first-order chi connectivity index (χ1) is 9.26. The monoisotopic (exact) mass is 295 g/mol. The van der Waals surface area contributed by atoms with Crippen LogP contribution < -0.4 is 5.32 Å². The first kappa shape index (κ1) is 17.1. The molecule has 0 fully saturated rings. The first-order valence-corrected chi connectivity index (χ1v) is 7.91. The molecule has 0 amide bonds. The number of carbonyl (C=O) groups is 1. The molecule has 112 valence electrons. The summed E-state index contributed by atoms with van der Waals surface area (Å²) in [5.41, 5.74) is 1.36. The first-order valence-electron chi connectivity index (χ1n) is 6.92. The topological polar surface area (TPSA) is 38.3 Å². The molecule has 1 rings (SSSR count). The van der Waals surface area contributed by atoms with E-state index in [1.807, 2.05) is 26.0 Å². The van der Waals surface area contributed by atoms with Crippen LogP contribution in [0.15, 0.2) is 29.2 Å². The smallest absolute Gasteiger partial charge is 0.316 e. The zero-order valence-corrected chi connectivity index (χ0v) is 13.8. The van der Waals surface area contributed by atoms with Crippen molar-refractivity contribution in [3.05, 3.63) is 29.8 Å². The highest BCUT2D eigenvalue weighted by atomic mass is 32.2. The van der Waals surface area contributed by atoms with Crippen LogP contribution in [0, 0.1) is 0 Å². The fourth-order valence-corrected chi connectivity index (χ4v) is 2.19. The van der Waals surface area contributed by atoms with Gasteiger partial charge in [0, 0.05) is 17.0 Å². The fourth-order valence-electron chi connectivity index (χ4n) is 1.51. The quantitative estimate of drug-likeness (QED) is 0.642. The molecule has 0 aliphatic carbocycles. The van der Waals surface area contributed by atoms with Gasteiger partial charge in [-0.05, 0) is 52.3 Å². The molecular weight excluding hydrogens is 270 g/mol. The highest BCUT2D eigenvalue weighted by Crippen LogP contribution is 2.19. The Balaban J connectivity index is 2.41. The highest BCUT2D eigenvalue weighted by Gasteiger charge is 2.09. The Morgan fingerprint density at radius 1 is 1.25 bits per heavy atom. The van der Waals surface area contributed by atoms with E-state index in [1.54, 1.807) is 0 Å². The fraction of sp³-hybridized carbons (Fsp3) is 0.562. The van der Waals surface area contributed by atoms with Gasteiger partial charge in [-0.15, -0.1) is 11.8 Å². The van der Waals surface area contributed by atoms with E-state index in [9.17, 15) is 4.79 Å². The molecule has 0 saturated heterocycles. The average Bonchev–Trinajstić information content (AvgIpc) is 2.33. The summed E-state index contributed by atoms with van der Waals surface area (Å²) in [6.45, 7) is 11.0. The number of rotatable bonds is 6. The van der Waals surface area contributed by atoms with Gasteiger partial charge in [0.15, 0.2) is 0 Å². The van der Waals surface area contributed by atoms with Gasteiger partial charge in [-0.2, -0.15) is 0 Å². The second kappa shape index (κ2) is 7.70. The Bertz CT molecular complexity index is 421. The van der Waals surface area contributed by atoms with Crippen LogP contribution in [-0.4, -0.2) is 23.4 Å². The third kappa shape index (κ3) is 7.56. The van der Waals surface area contributed by atoms with E-state index in [4.69, 9.17) is 4.74 Å². The van der Waals surface area contributed by atoms with Crippen molar-refractivity contribution < 1.29 is 9.53 Å². The largest absolute Gasteiger partial charge is 0.462 e. The molecule has 0 aromatic heterocycles. The van der Waals surface area contributed by atoms with Crippen LogP contribution >= 0.6 is 11.8 Å². The van der Waals surface area contributed by atoms with Crippen molar-refractivity contribution in [1.82, 2.24) is 5.32 Å². The standard InChI is InChI=1S/C16H25NO2S/c1-12(2)19-15(18)11-20-14-8-6-13(7-9-14)10-17-16(3,4)5/h6-9,12,17H,10-11H2,1-5H3. The van der Waals surface area contributed by atoms with Gasteiger partial charge in [0.1, 0.15) is 0 Å². The maximum Gasteiger partial charge on any atom is 0.316 e. The number of nitrogens with one attached hydrogen (secondary N) is 1. The molecule has 0 aliphatic rings. The molecule has 0 bridgehead atoms. The van der Waals surface area contributed by atoms with Crippen LogP contribution in [0.4, 0.5) is 0 Å². The van der Waals surface area contributed by atoms with Crippen LogP contribution in [0.25, 0.3) is 0 Å². The second-order valence-corrected chi connectivity index (χ2v) is 7.12. The number of hydrogen-bond acceptors (Lipinski definition) is 4. The average molecular weight is 295 g/mol. The highest BCUT2D eigenvalue weighted by molar-refractivity contribution is 8.00. The van der Waals surface area contributed by atoms with Crippen molar-refractivity contribution in [2.45, 2.75) is 57.7 Å². The van der Waals surface area contributed by atoms with E-state index >= 15 is 0 Å². The molecule has 0 heterocycles. The van der Waals surface area contributed by atoms with Gasteiger partial charge in [0.2, 0.25) is 0 Å². The number of benzene rings is 1. The lowest BCUT2D eigenvalue weighted by molar-refractivity contribution is -0.144. The van der Waals surface area contributed by atoms with Gasteiger partial charge in [-0.25, -0.2) is 0 Å². The summed E-state index contributed by atoms with van der Waals surface area (Å²) < 4.78 is 5.10. The summed E-state index contributed by atoms with van der Waals surface area (Å²) in [6.07, 6.45) is -0.0473. The lowest BCUT2D eigenvalue weighted by Crippen LogP contribution is -2.35.